The van der Waals surface area contributed by atoms with Crippen LogP contribution >= 0.6 is 0 Å². The average Bonchev–Trinajstić information content (AvgIpc) is 2.93. The van der Waals surface area contributed by atoms with Gasteiger partial charge in [-0.25, -0.2) is 14.6 Å². The zero-order valence-electron chi connectivity index (χ0n) is 15.2. The highest BCUT2D eigenvalue weighted by molar-refractivity contribution is 5.93. The summed E-state index contributed by atoms with van der Waals surface area (Å²) >= 11 is 0. The van der Waals surface area contributed by atoms with Crippen molar-refractivity contribution in [2.24, 2.45) is 0 Å². The number of hydrogen-bond donors (Lipinski definition) is 1. The number of hydrogen-bond acceptors (Lipinski definition) is 5. The molecule has 0 aliphatic heterocycles. The molecule has 7 heteroatoms. The summed E-state index contributed by atoms with van der Waals surface area (Å²) in [5.41, 5.74) is 2.92. The first kappa shape index (κ1) is 17.6. The number of aromatic nitrogens is 4. The Bertz CT molecular complexity index is 935. The van der Waals surface area contributed by atoms with Gasteiger partial charge in [-0.2, -0.15) is 5.10 Å². The van der Waals surface area contributed by atoms with E-state index in [1.165, 1.54) is 6.33 Å². The normalized spacial score (nSPS) is 11.8. The quantitative estimate of drug-likeness (QED) is 0.764. The third kappa shape index (κ3) is 4.05. The van der Waals surface area contributed by atoms with E-state index in [0.717, 1.165) is 17.0 Å². The number of carbonyl (C=O) groups excluding carboxylic acids is 1. The van der Waals surface area contributed by atoms with Crippen molar-refractivity contribution < 1.29 is 9.53 Å². The van der Waals surface area contributed by atoms with Crippen LogP contribution in [0.25, 0.3) is 5.82 Å². The van der Waals surface area contributed by atoms with Crippen molar-refractivity contribution >= 4 is 11.7 Å². The molecule has 1 atom stereocenters. The average molecular weight is 351 g/mol. The largest absolute Gasteiger partial charge is 0.481 e. The van der Waals surface area contributed by atoms with Crippen molar-refractivity contribution in [2.75, 3.05) is 5.32 Å². The van der Waals surface area contributed by atoms with Crippen LogP contribution in [-0.2, 0) is 4.79 Å². The topological polar surface area (TPSA) is 81.9 Å². The van der Waals surface area contributed by atoms with Crippen LogP contribution in [0.3, 0.4) is 0 Å². The number of carbonyl (C=O) groups is 1. The van der Waals surface area contributed by atoms with Crippen molar-refractivity contribution in [1.82, 2.24) is 19.7 Å². The van der Waals surface area contributed by atoms with Gasteiger partial charge in [0.1, 0.15) is 17.9 Å². The Hall–Kier alpha value is -3.22. The maximum absolute atomic E-state index is 12.4. The lowest BCUT2D eigenvalue weighted by Gasteiger charge is -2.15. The summed E-state index contributed by atoms with van der Waals surface area (Å²) in [7, 11) is 0. The van der Waals surface area contributed by atoms with Gasteiger partial charge in [0, 0.05) is 11.8 Å². The zero-order chi connectivity index (χ0) is 18.7. The molecule has 7 nitrogen and oxygen atoms in total. The fourth-order valence-corrected chi connectivity index (χ4v) is 2.57. The molecule has 0 fully saturated rings. The van der Waals surface area contributed by atoms with E-state index >= 15 is 0 Å². The molecule has 0 aliphatic carbocycles. The maximum Gasteiger partial charge on any atom is 0.266 e. The van der Waals surface area contributed by atoms with Crippen molar-refractivity contribution in [1.29, 1.82) is 0 Å². The van der Waals surface area contributed by atoms with E-state index in [1.54, 1.807) is 17.7 Å². The van der Waals surface area contributed by atoms with Crippen molar-refractivity contribution in [3.8, 4) is 11.6 Å². The lowest BCUT2D eigenvalue weighted by atomic mass is 10.2. The van der Waals surface area contributed by atoms with Gasteiger partial charge in [0.2, 0.25) is 0 Å². The van der Waals surface area contributed by atoms with Crippen molar-refractivity contribution in [2.45, 2.75) is 33.8 Å². The van der Waals surface area contributed by atoms with E-state index < -0.39 is 6.10 Å². The number of nitrogens with zero attached hydrogens (tertiary/aromatic N) is 4. The molecule has 0 radical (unpaired) electrons. The van der Waals surface area contributed by atoms with Gasteiger partial charge in [0.05, 0.1) is 5.69 Å². The number of amides is 1. The Balaban J connectivity index is 1.71. The summed E-state index contributed by atoms with van der Waals surface area (Å²) in [5, 5.41) is 7.15. The second kappa shape index (κ2) is 7.35. The fourth-order valence-electron chi connectivity index (χ4n) is 2.57. The van der Waals surface area contributed by atoms with Crippen LogP contribution in [0.1, 0.15) is 23.9 Å². The Kier molecular flexibility index (Phi) is 4.97. The minimum absolute atomic E-state index is 0.287. The molecule has 1 unspecified atom stereocenters. The summed E-state index contributed by atoms with van der Waals surface area (Å²) < 4.78 is 7.40. The molecule has 3 aromatic rings. The third-order valence-corrected chi connectivity index (χ3v) is 3.80. The molecular formula is C19H21N5O2. The van der Waals surface area contributed by atoms with Crippen LogP contribution in [0, 0.1) is 20.8 Å². The number of benzene rings is 1. The number of rotatable bonds is 5. The third-order valence-electron chi connectivity index (χ3n) is 3.80. The molecule has 0 bridgehead atoms. The first-order chi connectivity index (χ1) is 12.4. The number of anilines is 1. The standard InChI is InChI=1S/C19H21N5O2/c1-12-6-5-7-16(8-12)26-15(4)19(25)22-17-10-18(21-11-20-17)24-14(3)9-13(2)23-24/h5-11,15H,1-4H3,(H,20,21,22,25). The van der Waals surface area contributed by atoms with E-state index in [4.69, 9.17) is 4.74 Å². The molecule has 1 aromatic carbocycles. The Labute approximate surface area is 152 Å². The Morgan fingerprint density at radius 1 is 1.15 bits per heavy atom. The molecule has 3 rings (SSSR count). The predicted molar refractivity (Wildman–Crippen MR) is 98.5 cm³/mol. The molecule has 1 amide bonds. The summed E-state index contributed by atoms with van der Waals surface area (Å²) in [6, 6.07) is 11.2. The van der Waals surface area contributed by atoms with E-state index in [0.29, 0.717) is 17.4 Å². The fraction of sp³-hybridized carbons (Fsp3) is 0.263. The Morgan fingerprint density at radius 2 is 1.96 bits per heavy atom. The van der Waals surface area contributed by atoms with Gasteiger partial charge in [-0.15, -0.1) is 0 Å². The highest BCUT2D eigenvalue weighted by atomic mass is 16.5. The smallest absolute Gasteiger partial charge is 0.266 e. The van der Waals surface area contributed by atoms with Crippen LogP contribution in [-0.4, -0.2) is 31.8 Å². The molecular weight excluding hydrogens is 330 g/mol. The van der Waals surface area contributed by atoms with Gasteiger partial charge in [-0.05, 0) is 51.5 Å². The summed E-state index contributed by atoms with van der Waals surface area (Å²) in [5.74, 6) is 1.35. The van der Waals surface area contributed by atoms with Gasteiger partial charge in [0.25, 0.3) is 5.91 Å². The highest BCUT2D eigenvalue weighted by Gasteiger charge is 2.16. The van der Waals surface area contributed by atoms with E-state index in [9.17, 15) is 4.79 Å². The number of ether oxygens (including phenoxy) is 1. The lowest BCUT2D eigenvalue weighted by Crippen LogP contribution is -2.30. The van der Waals surface area contributed by atoms with Crippen molar-refractivity contribution in [3.05, 3.63) is 59.7 Å². The summed E-state index contributed by atoms with van der Waals surface area (Å²) in [4.78, 5) is 20.7. The van der Waals surface area contributed by atoms with Gasteiger partial charge < -0.3 is 10.1 Å². The monoisotopic (exact) mass is 351 g/mol. The van der Waals surface area contributed by atoms with Gasteiger partial charge in [0.15, 0.2) is 11.9 Å². The molecule has 134 valence electrons. The summed E-state index contributed by atoms with van der Waals surface area (Å²) in [6.07, 6.45) is 0.733. The van der Waals surface area contributed by atoms with E-state index in [2.05, 4.69) is 20.4 Å². The number of aryl methyl sites for hydroxylation is 3. The van der Waals surface area contributed by atoms with Gasteiger partial charge in [-0.3, -0.25) is 4.79 Å². The van der Waals surface area contributed by atoms with Crippen LogP contribution < -0.4 is 10.1 Å². The lowest BCUT2D eigenvalue weighted by molar-refractivity contribution is -0.122. The van der Waals surface area contributed by atoms with E-state index in [-0.39, 0.29) is 5.91 Å². The van der Waals surface area contributed by atoms with Crippen LogP contribution in [0.15, 0.2) is 42.7 Å². The molecule has 0 saturated carbocycles. The van der Waals surface area contributed by atoms with Crippen LogP contribution in [0.2, 0.25) is 0 Å². The van der Waals surface area contributed by atoms with Crippen LogP contribution in [0.4, 0.5) is 5.82 Å². The predicted octanol–water partition coefficient (Wildman–Crippen LogP) is 2.99. The SMILES string of the molecule is Cc1cccc(OC(C)C(=O)Nc2cc(-n3nc(C)cc3C)ncn2)c1. The summed E-state index contributed by atoms with van der Waals surface area (Å²) in [6.45, 7) is 7.52. The van der Waals surface area contributed by atoms with Crippen molar-refractivity contribution in [3.63, 3.8) is 0 Å². The Morgan fingerprint density at radius 3 is 2.65 bits per heavy atom. The maximum atomic E-state index is 12.4. The molecule has 2 heterocycles. The first-order valence-corrected chi connectivity index (χ1v) is 8.32. The molecule has 1 N–H and O–H groups in total. The second-order valence-electron chi connectivity index (χ2n) is 6.17. The zero-order valence-corrected chi connectivity index (χ0v) is 15.2. The van der Waals surface area contributed by atoms with Crippen LogP contribution in [0.5, 0.6) is 5.75 Å². The molecule has 0 saturated heterocycles. The highest BCUT2D eigenvalue weighted by Crippen LogP contribution is 2.16. The van der Waals surface area contributed by atoms with Gasteiger partial charge in [-0.1, -0.05) is 12.1 Å². The first-order valence-electron chi connectivity index (χ1n) is 8.32. The molecule has 0 aliphatic rings. The van der Waals surface area contributed by atoms with Gasteiger partial charge >= 0.3 is 0 Å². The minimum atomic E-state index is -0.663. The van der Waals surface area contributed by atoms with E-state index in [1.807, 2.05) is 51.1 Å². The number of nitrogens with one attached hydrogen (secondary N) is 1. The minimum Gasteiger partial charge on any atom is -0.481 e. The molecule has 0 spiro atoms. The molecule has 26 heavy (non-hydrogen) atoms. The second-order valence-corrected chi connectivity index (χ2v) is 6.17. The molecule has 2 aromatic heterocycles.